The topological polar surface area (TPSA) is 107 Å². The molecule has 0 aliphatic heterocycles. The van der Waals surface area contributed by atoms with E-state index in [4.69, 9.17) is 14.2 Å². The first-order valence-electron chi connectivity index (χ1n) is 14.2. The molecule has 0 spiro atoms. The molecule has 0 saturated carbocycles. The number of aromatic nitrogens is 5. The highest BCUT2D eigenvalue weighted by Gasteiger charge is 2.34. The van der Waals surface area contributed by atoms with E-state index in [-0.39, 0.29) is 5.56 Å². The molecule has 224 valence electrons. The number of aromatic amines is 1. The molecule has 2 aromatic heterocycles. The zero-order chi connectivity index (χ0) is 30.6. The van der Waals surface area contributed by atoms with Crippen LogP contribution in [0.25, 0.3) is 10.9 Å². The number of pyridine rings is 1. The van der Waals surface area contributed by atoms with Crippen LogP contribution in [0, 0.1) is 0 Å². The lowest BCUT2D eigenvalue weighted by atomic mass is 10.00. The number of hydrogen-bond donors (Lipinski definition) is 1. The minimum atomic E-state index is -0.593. The van der Waals surface area contributed by atoms with Crippen molar-refractivity contribution < 1.29 is 14.2 Å². The van der Waals surface area contributed by atoms with E-state index in [1.54, 1.807) is 26.0 Å². The number of hydrogen-bond acceptors (Lipinski definition) is 8. The second kappa shape index (κ2) is 12.7. The minimum absolute atomic E-state index is 0.225. The van der Waals surface area contributed by atoms with Crippen molar-refractivity contribution in [2.45, 2.75) is 45.3 Å². The maximum absolute atomic E-state index is 13.9. The summed E-state index contributed by atoms with van der Waals surface area (Å²) < 4.78 is 18.6. The monoisotopic (exact) mass is 582 g/mol. The number of nitrogens with one attached hydrogen (secondary N) is 1. The van der Waals surface area contributed by atoms with Crippen molar-refractivity contribution >= 4 is 10.9 Å². The third kappa shape index (κ3) is 6.39. The third-order valence-electron chi connectivity index (χ3n) is 7.50. The molecule has 0 radical (unpaired) electrons. The van der Waals surface area contributed by atoms with Crippen molar-refractivity contribution in [3.8, 4) is 17.2 Å². The van der Waals surface area contributed by atoms with Crippen LogP contribution >= 0.6 is 0 Å². The van der Waals surface area contributed by atoms with Gasteiger partial charge in [-0.2, -0.15) is 0 Å². The number of rotatable bonds is 11. The highest BCUT2D eigenvalue weighted by molar-refractivity contribution is 5.80. The largest absolute Gasteiger partial charge is 0.497 e. The molecule has 1 atom stereocenters. The van der Waals surface area contributed by atoms with Crippen molar-refractivity contribution in [1.82, 2.24) is 30.1 Å². The maximum atomic E-state index is 13.9. The number of ether oxygens (including phenoxy) is 3. The van der Waals surface area contributed by atoms with Gasteiger partial charge in [0.1, 0.15) is 11.8 Å². The van der Waals surface area contributed by atoms with Gasteiger partial charge in [-0.05, 0) is 72.8 Å². The van der Waals surface area contributed by atoms with Crippen molar-refractivity contribution in [3.05, 3.63) is 106 Å². The molecular formula is C33H38N6O4. The summed E-state index contributed by atoms with van der Waals surface area (Å²) >= 11 is 0. The van der Waals surface area contributed by atoms with Gasteiger partial charge < -0.3 is 19.2 Å². The maximum Gasteiger partial charge on any atom is 0.253 e. The number of nitrogens with zero attached hydrogens (tertiary/aromatic N) is 5. The van der Waals surface area contributed by atoms with Crippen LogP contribution in [-0.4, -0.2) is 58.0 Å². The molecule has 5 aromatic rings. The van der Waals surface area contributed by atoms with Crippen molar-refractivity contribution in [3.63, 3.8) is 0 Å². The Balaban J connectivity index is 1.71. The number of fused-ring (bicyclic) bond motifs is 1. The first-order chi connectivity index (χ1) is 20.7. The van der Waals surface area contributed by atoms with Crippen LogP contribution < -0.4 is 19.8 Å². The molecule has 0 unspecified atom stereocenters. The van der Waals surface area contributed by atoms with Crippen LogP contribution in [-0.2, 0) is 18.5 Å². The Morgan fingerprint density at radius 1 is 0.930 bits per heavy atom. The summed E-state index contributed by atoms with van der Waals surface area (Å²) in [5.41, 5.74) is 2.65. The summed E-state index contributed by atoms with van der Waals surface area (Å²) in [6.45, 7) is 7.17. The van der Waals surface area contributed by atoms with Crippen LogP contribution in [0.15, 0.2) is 77.6 Å². The molecule has 43 heavy (non-hydrogen) atoms. The van der Waals surface area contributed by atoms with Crippen LogP contribution in [0.5, 0.6) is 17.2 Å². The second-order valence-corrected chi connectivity index (χ2v) is 11.4. The molecule has 0 aliphatic rings. The van der Waals surface area contributed by atoms with E-state index in [2.05, 4.69) is 37.5 Å². The molecule has 0 saturated heterocycles. The zero-order valence-corrected chi connectivity index (χ0v) is 25.5. The summed E-state index contributed by atoms with van der Waals surface area (Å²) in [6, 6.07) is 23.1. The molecule has 0 amide bonds. The van der Waals surface area contributed by atoms with E-state index in [9.17, 15) is 4.79 Å². The Hall–Kier alpha value is -4.70. The lowest BCUT2D eigenvalue weighted by molar-refractivity contribution is 0.192. The first-order valence-corrected chi connectivity index (χ1v) is 14.2. The normalized spacial score (nSPS) is 12.4. The summed E-state index contributed by atoms with van der Waals surface area (Å²) in [5, 5.41) is 13.9. The fourth-order valence-corrected chi connectivity index (χ4v) is 5.38. The van der Waals surface area contributed by atoms with E-state index in [0.29, 0.717) is 47.2 Å². The van der Waals surface area contributed by atoms with Gasteiger partial charge in [0.2, 0.25) is 0 Å². The Kier molecular flexibility index (Phi) is 8.77. The van der Waals surface area contributed by atoms with Crippen molar-refractivity contribution in [2.24, 2.45) is 0 Å². The Labute approximate surface area is 251 Å². The molecule has 5 rings (SSSR count). The summed E-state index contributed by atoms with van der Waals surface area (Å²) in [6.07, 6.45) is 0.739. The summed E-state index contributed by atoms with van der Waals surface area (Å²) in [5.74, 6) is 2.51. The van der Waals surface area contributed by atoms with Gasteiger partial charge in [-0.3, -0.25) is 9.69 Å². The first kappa shape index (κ1) is 29.8. The van der Waals surface area contributed by atoms with E-state index in [0.717, 1.165) is 17.4 Å². The summed E-state index contributed by atoms with van der Waals surface area (Å²) in [4.78, 5) is 19.3. The van der Waals surface area contributed by atoms with Crippen LogP contribution in [0.4, 0.5) is 0 Å². The Morgan fingerprint density at radius 2 is 1.72 bits per heavy atom. The van der Waals surface area contributed by atoms with Gasteiger partial charge in [0.15, 0.2) is 17.3 Å². The SMILES string of the molecule is COc1ccc2cc([C@@H](c3nnnn3C(C)(C)C)N(CCc3ccccc3)Cc3cccc(OC)c3OC)c(=O)[nH]c2c1. The van der Waals surface area contributed by atoms with Gasteiger partial charge in [-0.1, -0.05) is 42.5 Å². The van der Waals surface area contributed by atoms with Crippen molar-refractivity contribution in [2.75, 3.05) is 27.9 Å². The number of methoxy groups -OCH3 is 3. The predicted molar refractivity (Wildman–Crippen MR) is 166 cm³/mol. The van der Waals surface area contributed by atoms with Gasteiger partial charge in [0.05, 0.1) is 32.4 Å². The van der Waals surface area contributed by atoms with Crippen LogP contribution in [0.1, 0.15) is 49.3 Å². The quantitative estimate of drug-likeness (QED) is 0.228. The average molecular weight is 583 g/mol. The van der Waals surface area contributed by atoms with E-state index < -0.39 is 11.6 Å². The highest BCUT2D eigenvalue weighted by Crippen LogP contribution is 2.36. The van der Waals surface area contributed by atoms with Crippen molar-refractivity contribution in [1.29, 1.82) is 0 Å². The fourth-order valence-electron chi connectivity index (χ4n) is 5.38. The molecule has 0 fully saturated rings. The molecule has 10 nitrogen and oxygen atoms in total. The van der Waals surface area contributed by atoms with E-state index in [1.165, 1.54) is 5.56 Å². The van der Waals surface area contributed by atoms with Gasteiger partial charge in [-0.15, -0.1) is 5.10 Å². The Morgan fingerprint density at radius 3 is 2.42 bits per heavy atom. The highest BCUT2D eigenvalue weighted by atomic mass is 16.5. The second-order valence-electron chi connectivity index (χ2n) is 11.4. The minimum Gasteiger partial charge on any atom is -0.497 e. The predicted octanol–water partition coefficient (Wildman–Crippen LogP) is 5.13. The number of H-pyrrole nitrogens is 1. The van der Waals surface area contributed by atoms with E-state index in [1.807, 2.05) is 81.4 Å². The van der Waals surface area contributed by atoms with Crippen LogP contribution in [0.2, 0.25) is 0 Å². The fraction of sp³-hybridized carbons (Fsp3) is 0.333. The lowest BCUT2D eigenvalue weighted by Crippen LogP contribution is -2.38. The van der Waals surface area contributed by atoms with Crippen LogP contribution in [0.3, 0.4) is 0 Å². The summed E-state index contributed by atoms with van der Waals surface area (Å²) in [7, 11) is 4.86. The van der Waals surface area contributed by atoms with Gasteiger partial charge in [-0.25, -0.2) is 4.68 Å². The molecule has 0 bridgehead atoms. The molecular weight excluding hydrogens is 544 g/mol. The average Bonchev–Trinajstić information content (AvgIpc) is 3.50. The van der Waals surface area contributed by atoms with Gasteiger partial charge in [0.25, 0.3) is 5.56 Å². The third-order valence-corrected chi connectivity index (χ3v) is 7.50. The number of para-hydroxylation sites is 1. The molecule has 2 heterocycles. The van der Waals surface area contributed by atoms with Gasteiger partial charge in [0, 0.05) is 30.3 Å². The molecule has 3 aromatic carbocycles. The molecule has 10 heteroatoms. The lowest BCUT2D eigenvalue weighted by Gasteiger charge is -2.33. The number of benzene rings is 3. The molecule has 1 N–H and O–H groups in total. The van der Waals surface area contributed by atoms with E-state index >= 15 is 0 Å². The smallest absolute Gasteiger partial charge is 0.253 e. The Bertz CT molecular complexity index is 1740. The molecule has 0 aliphatic carbocycles. The standard InChI is InChI=1S/C33H38N6O4/c1-33(2,3)39-31(35-36-37-39)29(26-19-23-15-16-25(41-4)20-27(23)34-32(26)40)38(18-17-22-11-8-7-9-12-22)21-24-13-10-14-28(42-5)30(24)43-6/h7-16,19-20,29H,17-18,21H2,1-6H3,(H,34,40)/t29-/m0/s1. The van der Waals surface area contributed by atoms with Gasteiger partial charge >= 0.3 is 0 Å². The number of tetrazole rings is 1. The zero-order valence-electron chi connectivity index (χ0n) is 25.5.